The van der Waals surface area contributed by atoms with Gasteiger partial charge in [0.15, 0.2) is 11.6 Å². The third-order valence-electron chi connectivity index (χ3n) is 4.62. The quantitative estimate of drug-likeness (QED) is 0.288. The van der Waals surface area contributed by atoms with Crippen LogP contribution >= 0.6 is 23.2 Å². The summed E-state index contributed by atoms with van der Waals surface area (Å²) in [5.41, 5.74) is 6.41. The molecule has 4 rings (SSSR count). The zero-order valence-electron chi connectivity index (χ0n) is 16.4. The van der Waals surface area contributed by atoms with Crippen molar-refractivity contribution in [1.82, 2.24) is 9.97 Å². The summed E-state index contributed by atoms with van der Waals surface area (Å²) in [6.07, 6.45) is 0. The van der Waals surface area contributed by atoms with Crippen LogP contribution in [0, 0.1) is 0 Å². The van der Waals surface area contributed by atoms with E-state index in [1.54, 1.807) is 19.2 Å². The maximum absolute atomic E-state index is 6.13. The minimum Gasteiger partial charge on any atom is -0.497 e. The SMILES string of the molecule is COc1ccc(-c2nc(NN=C(C)c3ccc(Cl)c(Cl)c3)c3ccccc3n2)cc1. The molecular weight excluding hydrogens is 419 g/mol. The highest BCUT2D eigenvalue weighted by atomic mass is 35.5. The van der Waals surface area contributed by atoms with Gasteiger partial charge in [0.1, 0.15) is 5.75 Å². The van der Waals surface area contributed by atoms with Gasteiger partial charge < -0.3 is 4.74 Å². The molecule has 1 heterocycles. The Labute approximate surface area is 184 Å². The minimum absolute atomic E-state index is 0.484. The van der Waals surface area contributed by atoms with Crippen molar-refractivity contribution in [3.63, 3.8) is 0 Å². The molecule has 0 fully saturated rings. The number of benzene rings is 3. The van der Waals surface area contributed by atoms with Gasteiger partial charge in [-0.25, -0.2) is 9.97 Å². The first-order valence-corrected chi connectivity index (χ1v) is 9.97. The van der Waals surface area contributed by atoms with Crippen LogP contribution in [0.1, 0.15) is 12.5 Å². The molecule has 1 aromatic heterocycles. The molecule has 4 aromatic rings. The summed E-state index contributed by atoms with van der Waals surface area (Å²) in [4.78, 5) is 9.40. The topological polar surface area (TPSA) is 59.4 Å². The molecule has 3 aromatic carbocycles. The lowest BCUT2D eigenvalue weighted by molar-refractivity contribution is 0.415. The van der Waals surface area contributed by atoms with Gasteiger partial charge in [-0.2, -0.15) is 5.10 Å². The third kappa shape index (κ3) is 4.22. The van der Waals surface area contributed by atoms with E-state index in [1.165, 1.54) is 0 Å². The number of hydrazone groups is 1. The number of methoxy groups -OCH3 is 1. The smallest absolute Gasteiger partial charge is 0.162 e. The molecule has 0 aliphatic rings. The summed E-state index contributed by atoms with van der Waals surface area (Å²) in [5, 5.41) is 6.37. The highest BCUT2D eigenvalue weighted by Crippen LogP contribution is 2.27. The predicted molar refractivity (Wildman–Crippen MR) is 124 cm³/mol. The number of nitrogens with zero attached hydrogens (tertiary/aromatic N) is 3. The van der Waals surface area contributed by atoms with E-state index in [4.69, 9.17) is 37.9 Å². The third-order valence-corrected chi connectivity index (χ3v) is 5.36. The number of para-hydroxylation sites is 1. The maximum Gasteiger partial charge on any atom is 0.162 e. The van der Waals surface area contributed by atoms with Crippen LogP contribution in [0.5, 0.6) is 5.75 Å². The maximum atomic E-state index is 6.13. The van der Waals surface area contributed by atoms with Gasteiger partial charge in [0, 0.05) is 10.9 Å². The summed E-state index contributed by atoms with van der Waals surface area (Å²) in [6, 6.07) is 20.8. The molecule has 0 atom stereocenters. The summed E-state index contributed by atoms with van der Waals surface area (Å²) < 4.78 is 5.23. The molecule has 0 unspecified atom stereocenters. The van der Waals surface area contributed by atoms with Gasteiger partial charge in [-0.05, 0) is 61.0 Å². The van der Waals surface area contributed by atoms with Crippen molar-refractivity contribution in [2.45, 2.75) is 6.92 Å². The molecule has 0 saturated heterocycles. The number of nitrogens with one attached hydrogen (secondary N) is 1. The first-order valence-electron chi connectivity index (χ1n) is 9.22. The van der Waals surface area contributed by atoms with E-state index in [2.05, 4.69) is 10.5 Å². The molecule has 0 aliphatic heterocycles. The second kappa shape index (κ2) is 8.69. The highest BCUT2D eigenvalue weighted by Gasteiger charge is 2.10. The van der Waals surface area contributed by atoms with E-state index >= 15 is 0 Å². The number of hydrogen-bond donors (Lipinski definition) is 1. The van der Waals surface area contributed by atoms with Gasteiger partial charge >= 0.3 is 0 Å². The zero-order chi connectivity index (χ0) is 21.1. The second-order valence-corrected chi connectivity index (χ2v) is 7.39. The van der Waals surface area contributed by atoms with Gasteiger partial charge in [0.05, 0.1) is 28.4 Å². The van der Waals surface area contributed by atoms with E-state index in [1.807, 2.05) is 61.5 Å². The standard InChI is InChI=1S/C23H18Cl2N4O/c1-14(16-9-12-19(24)20(25)13-16)28-29-23-18-5-3-4-6-21(18)26-22(27-23)15-7-10-17(30-2)11-8-15/h3-13H,1-2H3,(H,26,27,29). The van der Waals surface area contributed by atoms with Crippen LogP contribution in [0.25, 0.3) is 22.3 Å². The van der Waals surface area contributed by atoms with Crippen molar-refractivity contribution in [2.75, 3.05) is 12.5 Å². The monoisotopic (exact) mass is 436 g/mol. The first kappa shape index (κ1) is 20.1. The molecule has 30 heavy (non-hydrogen) atoms. The zero-order valence-corrected chi connectivity index (χ0v) is 17.9. The van der Waals surface area contributed by atoms with Crippen molar-refractivity contribution < 1.29 is 4.74 Å². The van der Waals surface area contributed by atoms with Crippen LogP contribution in [0.4, 0.5) is 5.82 Å². The number of anilines is 1. The van der Waals surface area contributed by atoms with Gasteiger partial charge in [-0.1, -0.05) is 41.4 Å². The molecular formula is C23H18Cl2N4O. The number of ether oxygens (including phenoxy) is 1. The molecule has 1 N–H and O–H groups in total. The highest BCUT2D eigenvalue weighted by molar-refractivity contribution is 6.42. The molecule has 150 valence electrons. The lowest BCUT2D eigenvalue weighted by Crippen LogP contribution is -2.03. The fourth-order valence-corrected chi connectivity index (χ4v) is 3.25. The molecule has 0 radical (unpaired) electrons. The van der Waals surface area contributed by atoms with Crippen LogP contribution in [0.2, 0.25) is 10.0 Å². The van der Waals surface area contributed by atoms with Gasteiger partial charge in [0.25, 0.3) is 0 Å². The van der Waals surface area contributed by atoms with Gasteiger partial charge in [-0.3, -0.25) is 5.43 Å². The Balaban J connectivity index is 1.72. The van der Waals surface area contributed by atoms with Crippen molar-refractivity contribution in [3.8, 4) is 17.1 Å². The fraction of sp³-hybridized carbons (Fsp3) is 0.0870. The Bertz CT molecular complexity index is 1240. The Kier molecular flexibility index (Phi) is 5.84. The lowest BCUT2D eigenvalue weighted by Gasteiger charge is -2.10. The van der Waals surface area contributed by atoms with Crippen LogP contribution in [-0.4, -0.2) is 22.8 Å². The van der Waals surface area contributed by atoms with E-state index in [0.717, 1.165) is 33.5 Å². The summed E-state index contributed by atoms with van der Waals surface area (Å²) >= 11 is 12.1. The Hall–Kier alpha value is -3.15. The number of aromatic nitrogens is 2. The summed E-state index contributed by atoms with van der Waals surface area (Å²) in [7, 11) is 1.64. The molecule has 0 amide bonds. The molecule has 0 aliphatic carbocycles. The molecule has 0 spiro atoms. The predicted octanol–water partition coefficient (Wildman–Crippen LogP) is 6.45. The fourth-order valence-electron chi connectivity index (χ4n) is 2.95. The number of halogens is 2. The summed E-state index contributed by atoms with van der Waals surface area (Å²) in [5.74, 6) is 1.99. The summed E-state index contributed by atoms with van der Waals surface area (Å²) in [6.45, 7) is 1.89. The van der Waals surface area contributed by atoms with Crippen molar-refractivity contribution >= 4 is 45.6 Å². The van der Waals surface area contributed by atoms with Crippen LogP contribution in [0.3, 0.4) is 0 Å². The molecule has 0 bridgehead atoms. The van der Waals surface area contributed by atoms with E-state index in [-0.39, 0.29) is 0 Å². The first-order chi connectivity index (χ1) is 14.5. The van der Waals surface area contributed by atoms with Gasteiger partial charge in [-0.15, -0.1) is 0 Å². The average Bonchev–Trinajstić information content (AvgIpc) is 2.79. The second-order valence-electron chi connectivity index (χ2n) is 6.58. The van der Waals surface area contributed by atoms with Crippen molar-refractivity contribution in [2.24, 2.45) is 5.10 Å². The Morgan fingerprint density at radius 2 is 1.70 bits per heavy atom. The van der Waals surface area contributed by atoms with Crippen molar-refractivity contribution in [1.29, 1.82) is 0 Å². The molecule has 5 nitrogen and oxygen atoms in total. The van der Waals surface area contributed by atoms with Crippen molar-refractivity contribution in [3.05, 3.63) is 82.3 Å². The Morgan fingerprint density at radius 3 is 2.43 bits per heavy atom. The van der Waals surface area contributed by atoms with E-state index < -0.39 is 0 Å². The Morgan fingerprint density at radius 1 is 0.933 bits per heavy atom. The lowest BCUT2D eigenvalue weighted by atomic mass is 10.1. The largest absolute Gasteiger partial charge is 0.497 e. The van der Waals surface area contributed by atoms with E-state index in [0.29, 0.717) is 21.7 Å². The number of hydrogen-bond acceptors (Lipinski definition) is 5. The van der Waals surface area contributed by atoms with Crippen LogP contribution in [0.15, 0.2) is 71.8 Å². The number of rotatable bonds is 5. The van der Waals surface area contributed by atoms with Crippen LogP contribution in [-0.2, 0) is 0 Å². The normalized spacial score (nSPS) is 11.5. The van der Waals surface area contributed by atoms with E-state index in [9.17, 15) is 0 Å². The minimum atomic E-state index is 0.484. The van der Waals surface area contributed by atoms with Crippen LogP contribution < -0.4 is 10.2 Å². The average molecular weight is 437 g/mol. The molecule has 0 saturated carbocycles. The molecule has 7 heteroatoms. The van der Waals surface area contributed by atoms with Gasteiger partial charge in [0.2, 0.25) is 0 Å². The number of fused-ring (bicyclic) bond motifs is 1.